The van der Waals surface area contributed by atoms with E-state index >= 15 is 0 Å². The van der Waals surface area contributed by atoms with Crippen molar-refractivity contribution in [2.45, 2.75) is 17.9 Å². The molecule has 18 heavy (non-hydrogen) atoms. The summed E-state index contributed by atoms with van der Waals surface area (Å²) < 4.78 is 17.5. The molecule has 6 heteroatoms. The highest BCUT2D eigenvalue weighted by atomic mass is 79.9. The van der Waals surface area contributed by atoms with Crippen molar-refractivity contribution in [2.24, 2.45) is 5.92 Å². The Morgan fingerprint density at radius 2 is 2.00 bits per heavy atom. The molecule has 0 spiro atoms. The van der Waals surface area contributed by atoms with Crippen LogP contribution in [0.25, 0.3) is 0 Å². The first kappa shape index (κ1) is 15.3. The van der Waals surface area contributed by atoms with Crippen LogP contribution in [0.2, 0.25) is 0 Å². The summed E-state index contributed by atoms with van der Waals surface area (Å²) in [6, 6.07) is 7.00. The summed E-state index contributed by atoms with van der Waals surface area (Å²) in [5.41, 5.74) is 0. The topological polar surface area (TPSA) is 63.6 Å². The first-order chi connectivity index (χ1) is 8.45. The van der Waals surface area contributed by atoms with Gasteiger partial charge in [0, 0.05) is 15.1 Å². The molecule has 0 heterocycles. The van der Waals surface area contributed by atoms with Crippen molar-refractivity contribution < 1.29 is 18.8 Å². The quantitative estimate of drug-likeness (QED) is 0.833. The van der Waals surface area contributed by atoms with Gasteiger partial charge >= 0.3 is 5.97 Å². The van der Waals surface area contributed by atoms with E-state index < -0.39 is 28.8 Å². The first-order valence-corrected chi connectivity index (χ1v) is 7.46. The predicted molar refractivity (Wildman–Crippen MR) is 72.6 cm³/mol. The van der Waals surface area contributed by atoms with E-state index in [0.717, 1.165) is 4.47 Å². The average molecular weight is 335 g/mol. The number of hydrogen-bond donors (Lipinski definition) is 1. The number of aliphatic hydroxyl groups is 1. The van der Waals surface area contributed by atoms with Crippen LogP contribution in [0.15, 0.2) is 33.6 Å². The van der Waals surface area contributed by atoms with Crippen molar-refractivity contribution in [1.82, 2.24) is 0 Å². The van der Waals surface area contributed by atoms with Crippen molar-refractivity contribution in [1.29, 1.82) is 0 Å². The maximum absolute atomic E-state index is 12.1. The van der Waals surface area contributed by atoms with Crippen molar-refractivity contribution in [3.63, 3.8) is 0 Å². The second kappa shape index (κ2) is 7.01. The van der Waals surface area contributed by atoms with Crippen molar-refractivity contribution >= 4 is 32.7 Å². The fourth-order valence-corrected chi connectivity index (χ4v) is 3.04. The molecule has 1 unspecified atom stereocenters. The largest absolute Gasteiger partial charge is 0.469 e. The number of halogens is 1. The molecule has 3 atom stereocenters. The fraction of sp³-hybridized carbons (Fsp3) is 0.417. The second-order valence-electron chi connectivity index (χ2n) is 3.84. The normalized spacial score (nSPS) is 15.8. The molecule has 100 valence electrons. The minimum atomic E-state index is -1.35. The molecule has 0 fully saturated rings. The standard InChI is InChI=1S/C12H15BrO4S/c1-8(14)11(12(15)17-2)7-18(16)10-5-3-9(13)4-6-10/h3-6,8,11,14H,7H2,1-2H3/t8-,11+,18?/m1/s1. The summed E-state index contributed by atoms with van der Waals surface area (Å²) in [6.07, 6.45) is -0.892. The Labute approximate surface area is 117 Å². The van der Waals surface area contributed by atoms with Crippen LogP contribution in [0.5, 0.6) is 0 Å². The second-order valence-corrected chi connectivity index (χ2v) is 6.25. The molecule has 0 saturated carbocycles. The lowest BCUT2D eigenvalue weighted by Crippen LogP contribution is -2.31. The van der Waals surface area contributed by atoms with Crippen LogP contribution in [0.3, 0.4) is 0 Å². The van der Waals surface area contributed by atoms with Gasteiger partial charge in [0.1, 0.15) is 0 Å². The Kier molecular flexibility index (Phi) is 5.98. The van der Waals surface area contributed by atoms with Gasteiger partial charge < -0.3 is 9.84 Å². The Balaban J connectivity index is 2.78. The van der Waals surface area contributed by atoms with Gasteiger partial charge in [0.15, 0.2) is 0 Å². The molecular weight excluding hydrogens is 320 g/mol. The molecular formula is C12H15BrO4S. The molecule has 0 amide bonds. The molecule has 1 N–H and O–H groups in total. The predicted octanol–water partition coefficient (Wildman–Crippen LogP) is 1.73. The van der Waals surface area contributed by atoms with E-state index in [1.54, 1.807) is 24.3 Å². The summed E-state index contributed by atoms with van der Waals surface area (Å²) in [4.78, 5) is 12.1. The van der Waals surface area contributed by atoms with E-state index in [4.69, 9.17) is 0 Å². The lowest BCUT2D eigenvalue weighted by Gasteiger charge is -2.16. The maximum atomic E-state index is 12.1. The number of methoxy groups -OCH3 is 1. The summed E-state index contributed by atoms with van der Waals surface area (Å²) in [5, 5.41) is 9.51. The summed E-state index contributed by atoms with van der Waals surface area (Å²) in [7, 11) is -0.0959. The Bertz CT molecular complexity index is 430. The van der Waals surface area contributed by atoms with Crippen molar-refractivity contribution in [3.8, 4) is 0 Å². The molecule has 0 aliphatic rings. The number of esters is 1. The van der Waals surface area contributed by atoms with Crippen LogP contribution in [-0.2, 0) is 20.3 Å². The van der Waals surface area contributed by atoms with Crippen LogP contribution >= 0.6 is 15.9 Å². The van der Waals surface area contributed by atoms with Gasteiger partial charge in [-0.3, -0.25) is 9.00 Å². The van der Waals surface area contributed by atoms with Gasteiger partial charge in [-0.15, -0.1) is 0 Å². The van der Waals surface area contributed by atoms with Crippen molar-refractivity contribution in [3.05, 3.63) is 28.7 Å². The third-order valence-corrected chi connectivity index (χ3v) is 4.48. The number of carbonyl (C=O) groups is 1. The number of benzene rings is 1. The van der Waals surface area contributed by atoms with Crippen LogP contribution in [0, 0.1) is 5.92 Å². The third kappa shape index (κ3) is 4.19. The Morgan fingerprint density at radius 3 is 2.44 bits per heavy atom. The highest BCUT2D eigenvalue weighted by Gasteiger charge is 2.27. The average Bonchev–Trinajstić information content (AvgIpc) is 2.35. The maximum Gasteiger partial charge on any atom is 0.312 e. The van der Waals surface area contributed by atoms with E-state index in [9.17, 15) is 14.1 Å². The summed E-state index contributed by atoms with van der Waals surface area (Å²) in [6.45, 7) is 1.49. The summed E-state index contributed by atoms with van der Waals surface area (Å²) in [5.74, 6) is -1.28. The zero-order valence-corrected chi connectivity index (χ0v) is 12.5. The lowest BCUT2D eigenvalue weighted by molar-refractivity contribution is -0.147. The van der Waals surface area contributed by atoms with Gasteiger partial charge in [-0.05, 0) is 31.2 Å². The van der Waals surface area contributed by atoms with Gasteiger partial charge in [-0.25, -0.2) is 0 Å². The third-order valence-electron chi connectivity index (χ3n) is 2.49. The van der Waals surface area contributed by atoms with Gasteiger partial charge in [0.25, 0.3) is 0 Å². The molecule has 0 aliphatic heterocycles. The van der Waals surface area contributed by atoms with E-state index in [-0.39, 0.29) is 5.75 Å². The minimum absolute atomic E-state index is 0.0476. The highest BCUT2D eigenvalue weighted by molar-refractivity contribution is 9.10. The smallest absolute Gasteiger partial charge is 0.312 e. The van der Waals surface area contributed by atoms with Gasteiger partial charge in [0.2, 0.25) is 0 Å². The Morgan fingerprint density at radius 1 is 1.44 bits per heavy atom. The van der Waals surface area contributed by atoms with Crippen LogP contribution in [-0.4, -0.2) is 34.3 Å². The van der Waals surface area contributed by atoms with Crippen LogP contribution in [0.4, 0.5) is 0 Å². The molecule has 0 radical (unpaired) electrons. The molecule has 0 aliphatic carbocycles. The fourth-order valence-electron chi connectivity index (χ4n) is 1.40. The zero-order valence-electron chi connectivity index (χ0n) is 10.1. The molecule has 0 bridgehead atoms. The number of aliphatic hydroxyl groups excluding tert-OH is 1. The van der Waals surface area contributed by atoms with Gasteiger partial charge in [-0.2, -0.15) is 0 Å². The summed E-state index contributed by atoms with van der Waals surface area (Å²) >= 11 is 3.29. The number of hydrogen-bond acceptors (Lipinski definition) is 4. The molecule has 0 aromatic heterocycles. The van der Waals surface area contributed by atoms with Crippen LogP contribution in [0.1, 0.15) is 6.92 Å². The monoisotopic (exact) mass is 334 g/mol. The molecule has 1 aromatic carbocycles. The minimum Gasteiger partial charge on any atom is -0.469 e. The van der Waals surface area contributed by atoms with Crippen molar-refractivity contribution in [2.75, 3.05) is 12.9 Å². The molecule has 1 aromatic rings. The van der Waals surface area contributed by atoms with E-state index in [1.165, 1.54) is 14.0 Å². The number of rotatable bonds is 5. The Hall–Kier alpha value is -0.720. The van der Waals surface area contributed by atoms with Gasteiger partial charge in [-0.1, -0.05) is 15.9 Å². The van der Waals surface area contributed by atoms with Crippen LogP contribution < -0.4 is 0 Å². The molecule has 1 rings (SSSR count). The number of ether oxygens (including phenoxy) is 1. The van der Waals surface area contributed by atoms with Gasteiger partial charge in [0.05, 0.1) is 29.9 Å². The number of carbonyl (C=O) groups excluding carboxylic acids is 1. The van der Waals surface area contributed by atoms with E-state index in [0.29, 0.717) is 4.90 Å². The molecule has 4 nitrogen and oxygen atoms in total. The van der Waals surface area contributed by atoms with E-state index in [1.807, 2.05) is 0 Å². The molecule has 0 saturated heterocycles. The van der Waals surface area contributed by atoms with E-state index in [2.05, 4.69) is 20.7 Å². The highest BCUT2D eigenvalue weighted by Crippen LogP contribution is 2.17. The first-order valence-electron chi connectivity index (χ1n) is 5.35. The SMILES string of the molecule is COC(=O)[C@@H](CS(=O)c1ccc(Br)cc1)[C@@H](C)O. The zero-order chi connectivity index (χ0) is 13.7. The lowest BCUT2D eigenvalue weighted by atomic mass is 10.1.